The van der Waals surface area contributed by atoms with Crippen LogP contribution < -0.4 is 15.4 Å². The molecule has 0 saturated heterocycles. The number of hydrogen-bond acceptors (Lipinski definition) is 5. The van der Waals surface area contributed by atoms with Gasteiger partial charge in [0, 0.05) is 21.8 Å². The van der Waals surface area contributed by atoms with Crippen LogP contribution in [0.25, 0.3) is 0 Å². The van der Waals surface area contributed by atoms with Crippen LogP contribution in [0.2, 0.25) is 10.0 Å². The summed E-state index contributed by atoms with van der Waals surface area (Å²) in [5, 5.41) is 7.53. The number of hydrogen-bond donors (Lipinski definition) is 2. The Morgan fingerprint density at radius 2 is 1.52 bits per heavy atom. The van der Waals surface area contributed by atoms with E-state index in [1.165, 1.54) is 0 Å². The van der Waals surface area contributed by atoms with Gasteiger partial charge in [-0.3, -0.25) is 0 Å². The fraction of sp³-hybridized carbons (Fsp3) is 0.111. The standard InChI is InChI=1S/C18H16Cl2N4O/c1-11-21-17(23-14-8-12(19)7-13(20)9-14)10-18(22-11)24-15-5-3-4-6-16(15)25-2/h3-10H,1-2H3,(H2,21,22,23,24). The highest BCUT2D eigenvalue weighted by Gasteiger charge is 2.07. The molecule has 0 unspecified atom stereocenters. The summed E-state index contributed by atoms with van der Waals surface area (Å²) in [5.41, 5.74) is 1.57. The summed E-state index contributed by atoms with van der Waals surface area (Å²) >= 11 is 12.1. The molecule has 0 saturated carbocycles. The third-order valence-electron chi connectivity index (χ3n) is 3.34. The van der Waals surface area contributed by atoms with Crippen LogP contribution in [0.5, 0.6) is 5.75 Å². The maximum Gasteiger partial charge on any atom is 0.142 e. The average molecular weight is 375 g/mol. The molecule has 0 aliphatic heterocycles. The predicted molar refractivity (Wildman–Crippen MR) is 103 cm³/mol. The molecule has 2 N–H and O–H groups in total. The first kappa shape index (κ1) is 17.3. The lowest BCUT2D eigenvalue weighted by Gasteiger charge is -2.12. The number of methoxy groups -OCH3 is 1. The molecule has 1 heterocycles. The second kappa shape index (κ2) is 7.59. The zero-order valence-corrected chi connectivity index (χ0v) is 15.2. The van der Waals surface area contributed by atoms with Crippen molar-refractivity contribution in [3.63, 3.8) is 0 Å². The molecule has 25 heavy (non-hydrogen) atoms. The predicted octanol–water partition coefficient (Wildman–Crippen LogP) is 5.59. The number of aromatic nitrogens is 2. The highest BCUT2D eigenvalue weighted by molar-refractivity contribution is 6.35. The van der Waals surface area contributed by atoms with Crippen molar-refractivity contribution in [1.29, 1.82) is 0 Å². The van der Waals surface area contributed by atoms with Gasteiger partial charge in [0.1, 0.15) is 23.2 Å². The SMILES string of the molecule is COc1ccccc1Nc1cc(Nc2cc(Cl)cc(Cl)c2)nc(C)n1. The quantitative estimate of drug-likeness (QED) is 0.609. The maximum atomic E-state index is 6.04. The number of para-hydroxylation sites is 2. The molecule has 0 bridgehead atoms. The number of anilines is 4. The van der Waals surface area contributed by atoms with Crippen LogP contribution in [0.1, 0.15) is 5.82 Å². The normalized spacial score (nSPS) is 10.4. The van der Waals surface area contributed by atoms with Crippen molar-refractivity contribution in [3.05, 3.63) is 64.4 Å². The van der Waals surface area contributed by atoms with Gasteiger partial charge >= 0.3 is 0 Å². The Morgan fingerprint density at radius 3 is 2.20 bits per heavy atom. The first-order valence-electron chi connectivity index (χ1n) is 7.52. The molecule has 0 radical (unpaired) electrons. The largest absolute Gasteiger partial charge is 0.495 e. The molecule has 1 aromatic heterocycles. The Kier molecular flexibility index (Phi) is 5.26. The third kappa shape index (κ3) is 4.53. The second-order valence-electron chi connectivity index (χ2n) is 5.29. The maximum absolute atomic E-state index is 6.04. The minimum Gasteiger partial charge on any atom is -0.495 e. The van der Waals surface area contributed by atoms with E-state index in [1.54, 1.807) is 31.4 Å². The van der Waals surface area contributed by atoms with E-state index in [1.807, 2.05) is 31.2 Å². The molecule has 2 aromatic carbocycles. The van der Waals surface area contributed by atoms with Gasteiger partial charge in [-0.1, -0.05) is 35.3 Å². The fourth-order valence-electron chi connectivity index (χ4n) is 2.36. The summed E-state index contributed by atoms with van der Waals surface area (Å²) in [5.74, 6) is 2.63. The van der Waals surface area contributed by atoms with Crippen molar-refractivity contribution in [1.82, 2.24) is 9.97 Å². The lowest BCUT2D eigenvalue weighted by Crippen LogP contribution is -2.02. The molecule has 0 fully saturated rings. The topological polar surface area (TPSA) is 59.1 Å². The number of ether oxygens (including phenoxy) is 1. The van der Waals surface area contributed by atoms with E-state index in [4.69, 9.17) is 27.9 Å². The monoisotopic (exact) mass is 374 g/mol. The van der Waals surface area contributed by atoms with Crippen molar-refractivity contribution in [2.45, 2.75) is 6.92 Å². The number of halogens is 2. The number of rotatable bonds is 5. The molecule has 3 aromatic rings. The van der Waals surface area contributed by atoms with Gasteiger partial charge in [0.15, 0.2) is 0 Å². The van der Waals surface area contributed by atoms with E-state index < -0.39 is 0 Å². The second-order valence-corrected chi connectivity index (χ2v) is 6.17. The van der Waals surface area contributed by atoms with Crippen molar-refractivity contribution in [2.24, 2.45) is 0 Å². The van der Waals surface area contributed by atoms with E-state index in [0.29, 0.717) is 27.5 Å². The van der Waals surface area contributed by atoms with Gasteiger partial charge in [-0.25, -0.2) is 9.97 Å². The molecule has 0 aliphatic carbocycles. The highest BCUT2D eigenvalue weighted by Crippen LogP contribution is 2.28. The molecule has 0 aliphatic rings. The van der Waals surface area contributed by atoms with E-state index >= 15 is 0 Å². The Bertz CT molecular complexity index is 882. The van der Waals surface area contributed by atoms with Crippen molar-refractivity contribution in [3.8, 4) is 5.75 Å². The average Bonchev–Trinajstić information content (AvgIpc) is 2.53. The van der Waals surface area contributed by atoms with Crippen LogP contribution in [0.3, 0.4) is 0 Å². The lowest BCUT2D eigenvalue weighted by atomic mass is 10.3. The first-order valence-corrected chi connectivity index (χ1v) is 8.28. The van der Waals surface area contributed by atoms with Gasteiger partial charge in [0.2, 0.25) is 0 Å². The van der Waals surface area contributed by atoms with E-state index in [2.05, 4.69) is 20.6 Å². The molecule has 128 valence electrons. The third-order valence-corrected chi connectivity index (χ3v) is 3.78. The van der Waals surface area contributed by atoms with Crippen molar-refractivity contribution >= 4 is 46.2 Å². The van der Waals surface area contributed by atoms with Crippen LogP contribution in [-0.2, 0) is 0 Å². The molecule has 5 nitrogen and oxygen atoms in total. The summed E-state index contributed by atoms with van der Waals surface area (Å²) in [7, 11) is 1.63. The molecule has 0 atom stereocenters. The molecular weight excluding hydrogens is 359 g/mol. The zero-order valence-electron chi connectivity index (χ0n) is 13.7. The van der Waals surface area contributed by atoms with Gasteiger partial charge < -0.3 is 15.4 Å². The Labute approximate surface area is 156 Å². The molecule has 0 amide bonds. The fourth-order valence-corrected chi connectivity index (χ4v) is 2.88. The Hall–Kier alpha value is -2.50. The molecule has 3 rings (SSSR count). The smallest absolute Gasteiger partial charge is 0.142 e. The van der Waals surface area contributed by atoms with Crippen LogP contribution in [-0.4, -0.2) is 17.1 Å². The number of benzene rings is 2. The van der Waals surface area contributed by atoms with Gasteiger partial charge in [0.05, 0.1) is 12.8 Å². The minimum absolute atomic E-state index is 0.549. The summed E-state index contributed by atoms with van der Waals surface area (Å²) < 4.78 is 5.35. The van der Waals surface area contributed by atoms with Crippen molar-refractivity contribution in [2.75, 3.05) is 17.7 Å². The lowest BCUT2D eigenvalue weighted by molar-refractivity contribution is 0.417. The van der Waals surface area contributed by atoms with Crippen LogP contribution >= 0.6 is 23.2 Å². The van der Waals surface area contributed by atoms with Gasteiger partial charge in [0.25, 0.3) is 0 Å². The highest BCUT2D eigenvalue weighted by atomic mass is 35.5. The summed E-state index contributed by atoms with van der Waals surface area (Å²) in [6.45, 7) is 1.82. The summed E-state index contributed by atoms with van der Waals surface area (Å²) in [6, 6.07) is 14.7. The number of nitrogens with zero attached hydrogens (tertiary/aromatic N) is 2. The summed E-state index contributed by atoms with van der Waals surface area (Å²) in [4.78, 5) is 8.80. The molecular formula is C18H16Cl2N4O. The van der Waals surface area contributed by atoms with Crippen molar-refractivity contribution < 1.29 is 4.74 Å². The van der Waals surface area contributed by atoms with E-state index in [0.717, 1.165) is 17.1 Å². The summed E-state index contributed by atoms with van der Waals surface area (Å²) in [6.07, 6.45) is 0. The van der Waals surface area contributed by atoms with Gasteiger partial charge in [-0.05, 0) is 37.3 Å². The Balaban J connectivity index is 1.87. The van der Waals surface area contributed by atoms with Gasteiger partial charge in [-0.2, -0.15) is 0 Å². The minimum atomic E-state index is 0.549. The molecule has 0 spiro atoms. The van der Waals surface area contributed by atoms with Gasteiger partial charge in [-0.15, -0.1) is 0 Å². The Morgan fingerprint density at radius 1 is 0.880 bits per heavy atom. The van der Waals surface area contributed by atoms with Crippen LogP contribution in [0.4, 0.5) is 23.0 Å². The zero-order chi connectivity index (χ0) is 17.8. The number of aryl methyl sites for hydroxylation is 1. The van der Waals surface area contributed by atoms with E-state index in [9.17, 15) is 0 Å². The van der Waals surface area contributed by atoms with E-state index in [-0.39, 0.29) is 0 Å². The first-order chi connectivity index (χ1) is 12.0. The van der Waals surface area contributed by atoms with Crippen LogP contribution in [0, 0.1) is 6.92 Å². The molecule has 7 heteroatoms. The number of nitrogens with one attached hydrogen (secondary N) is 2. The van der Waals surface area contributed by atoms with Crippen LogP contribution in [0.15, 0.2) is 48.5 Å².